The van der Waals surface area contributed by atoms with Gasteiger partial charge in [-0.15, -0.1) is 0 Å². The molecule has 0 radical (unpaired) electrons. The molecule has 22 heavy (non-hydrogen) atoms. The molecule has 1 saturated heterocycles. The molecule has 2 unspecified atom stereocenters. The van der Waals surface area contributed by atoms with Crippen LogP contribution in [-0.4, -0.2) is 16.9 Å². The number of carbonyl (C=O) groups excluding carboxylic acids is 1. The second-order valence-electron chi connectivity index (χ2n) is 5.31. The molecular weight excluding hydrogens is 300 g/mol. The van der Waals surface area contributed by atoms with E-state index in [1.807, 2.05) is 43.3 Å². The molecule has 1 aliphatic heterocycles. The minimum atomic E-state index is -0.331. The van der Waals surface area contributed by atoms with Crippen LogP contribution in [0.3, 0.4) is 0 Å². The number of rotatable bonds is 3. The van der Waals surface area contributed by atoms with Crippen LogP contribution in [0.15, 0.2) is 42.6 Å². The number of nitrogens with zero attached hydrogens (tertiary/aromatic N) is 1. The van der Waals surface area contributed by atoms with Crippen molar-refractivity contribution in [2.45, 2.75) is 25.4 Å². The molecule has 0 spiro atoms. The van der Waals surface area contributed by atoms with Gasteiger partial charge < -0.3 is 5.32 Å². The molecule has 0 aliphatic carbocycles. The van der Waals surface area contributed by atoms with Crippen molar-refractivity contribution in [1.82, 2.24) is 15.8 Å². The molecular formula is C16H17ClN4O. The highest BCUT2D eigenvalue weighted by molar-refractivity contribution is 6.31. The smallest absolute Gasteiger partial charge is 0.244 e. The third-order valence-electron chi connectivity index (χ3n) is 3.75. The third kappa shape index (κ3) is 3.11. The minimum absolute atomic E-state index is 0.00859. The Balaban J connectivity index is 1.67. The summed E-state index contributed by atoms with van der Waals surface area (Å²) in [4.78, 5) is 16.5. The molecule has 1 aromatic heterocycles. The van der Waals surface area contributed by atoms with E-state index < -0.39 is 0 Å². The molecule has 1 fully saturated rings. The molecule has 114 valence electrons. The van der Waals surface area contributed by atoms with Crippen LogP contribution in [0.4, 0.5) is 5.82 Å². The van der Waals surface area contributed by atoms with Crippen molar-refractivity contribution in [2.75, 3.05) is 5.32 Å². The van der Waals surface area contributed by atoms with Crippen molar-refractivity contribution < 1.29 is 4.79 Å². The number of aryl methyl sites for hydroxylation is 1. The minimum Gasteiger partial charge on any atom is -0.309 e. The fraction of sp³-hybridized carbons (Fsp3) is 0.250. The van der Waals surface area contributed by atoms with E-state index in [2.05, 4.69) is 21.2 Å². The number of hydrazine groups is 1. The Morgan fingerprint density at radius 2 is 2.09 bits per heavy atom. The largest absolute Gasteiger partial charge is 0.309 e. The Morgan fingerprint density at radius 3 is 2.86 bits per heavy atom. The number of hydrogen-bond donors (Lipinski definition) is 3. The van der Waals surface area contributed by atoms with Crippen LogP contribution in [0.2, 0.25) is 5.02 Å². The van der Waals surface area contributed by atoms with Crippen LogP contribution < -0.4 is 16.2 Å². The fourth-order valence-electron chi connectivity index (χ4n) is 2.51. The topological polar surface area (TPSA) is 66.0 Å². The first-order chi connectivity index (χ1) is 10.6. The maximum Gasteiger partial charge on any atom is 0.244 e. The van der Waals surface area contributed by atoms with Gasteiger partial charge in [-0.3, -0.25) is 4.79 Å². The predicted octanol–water partition coefficient (Wildman–Crippen LogP) is 2.59. The summed E-state index contributed by atoms with van der Waals surface area (Å²) in [7, 11) is 0. The van der Waals surface area contributed by atoms with Gasteiger partial charge in [0.1, 0.15) is 11.9 Å². The van der Waals surface area contributed by atoms with E-state index in [9.17, 15) is 4.79 Å². The van der Waals surface area contributed by atoms with E-state index in [1.54, 1.807) is 6.20 Å². The molecule has 1 amide bonds. The molecule has 2 aromatic rings. The summed E-state index contributed by atoms with van der Waals surface area (Å²) in [6.45, 7) is 1.91. The Bertz CT molecular complexity index is 691. The lowest BCUT2D eigenvalue weighted by atomic mass is 10.0. The molecule has 5 nitrogen and oxygen atoms in total. The monoisotopic (exact) mass is 316 g/mol. The lowest BCUT2D eigenvalue weighted by Gasteiger charge is -2.12. The van der Waals surface area contributed by atoms with Gasteiger partial charge in [0.05, 0.1) is 0 Å². The van der Waals surface area contributed by atoms with Crippen molar-refractivity contribution in [3.63, 3.8) is 0 Å². The predicted molar refractivity (Wildman–Crippen MR) is 86.5 cm³/mol. The summed E-state index contributed by atoms with van der Waals surface area (Å²) in [6.07, 6.45) is 2.29. The zero-order valence-corrected chi connectivity index (χ0v) is 12.9. The van der Waals surface area contributed by atoms with Gasteiger partial charge in [-0.05, 0) is 36.6 Å². The molecule has 1 aromatic carbocycles. The second kappa shape index (κ2) is 6.44. The van der Waals surface area contributed by atoms with Gasteiger partial charge in [-0.1, -0.05) is 35.9 Å². The summed E-state index contributed by atoms with van der Waals surface area (Å²) in [5, 5.41) is 3.55. The molecule has 2 heterocycles. The third-order valence-corrected chi connectivity index (χ3v) is 4.10. The number of aromatic nitrogens is 1. The van der Waals surface area contributed by atoms with Crippen LogP contribution in [-0.2, 0) is 4.79 Å². The summed E-state index contributed by atoms with van der Waals surface area (Å²) < 4.78 is 0. The standard InChI is InChI=1S/C16H17ClN4O/c1-10-5-4-8-18-15(10)19-16(22)14-9-13(20-21-14)11-6-2-3-7-12(11)17/h2-8,13-14,20-21H,9H2,1H3,(H,18,19,22). The maximum absolute atomic E-state index is 12.3. The Kier molecular flexibility index (Phi) is 4.38. The SMILES string of the molecule is Cc1cccnc1NC(=O)C1CC(c2ccccc2Cl)NN1. The van der Waals surface area contributed by atoms with Crippen LogP contribution >= 0.6 is 11.6 Å². The highest BCUT2D eigenvalue weighted by Crippen LogP contribution is 2.28. The molecule has 1 aliphatic rings. The summed E-state index contributed by atoms with van der Waals surface area (Å²) in [5.41, 5.74) is 8.07. The highest BCUT2D eigenvalue weighted by atomic mass is 35.5. The fourth-order valence-corrected chi connectivity index (χ4v) is 2.78. The number of amides is 1. The number of nitrogens with one attached hydrogen (secondary N) is 3. The van der Waals surface area contributed by atoms with E-state index >= 15 is 0 Å². The van der Waals surface area contributed by atoms with E-state index in [1.165, 1.54) is 0 Å². The summed E-state index contributed by atoms with van der Waals surface area (Å²) in [5.74, 6) is 0.486. The number of carbonyl (C=O) groups is 1. The molecule has 0 saturated carbocycles. The van der Waals surface area contributed by atoms with Gasteiger partial charge in [-0.25, -0.2) is 15.8 Å². The van der Waals surface area contributed by atoms with Gasteiger partial charge >= 0.3 is 0 Å². The average molecular weight is 317 g/mol. The summed E-state index contributed by atoms with van der Waals surface area (Å²) >= 11 is 6.20. The summed E-state index contributed by atoms with van der Waals surface area (Å²) in [6, 6.07) is 11.1. The van der Waals surface area contributed by atoms with Crippen molar-refractivity contribution in [3.8, 4) is 0 Å². The normalized spacial score (nSPS) is 20.8. The van der Waals surface area contributed by atoms with Crippen molar-refractivity contribution in [1.29, 1.82) is 0 Å². The van der Waals surface area contributed by atoms with Crippen molar-refractivity contribution in [2.24, 2.45) is 0 Å². The number of halogens is 1. The Hall–Kier alpha value is -1.95. The van der Waals surface area contributed by atoms with Crippen LogP contribution in [0.5, 0.6) is 0 Å². The molecule has 0 bridgehead atoms. The van der Waals surface area contributed by atoms with E-state index in [4.69, 9.17) is 11.6 Å². The van der Waals surface area contributed by atoms with Gasteiger partial charge in [0.25, 0.3) is 0 Å². The van der Waals surface area contributed by atoms with Crippen LogP contribution in [0, 0.1) is 6.92 Å². The van der Waals surface area contributed by atoms with Gasteiger partial charge in [0.2, 0.25) is 5.91 Å². The number of pyridine rings is 1. The number of hydrogen-bond acceptors (Lipinski definition) is 4. The van der Waals surface area contributed by atoms with Crippen LogP contribution in [0.1, 0.15) is 23.6 Å². The zero-order valence-electron chi connectivity index (χ0n) is 12.1. The maximum atomic E-state index is 12.3. The second-order valence-corrected chi connectivity index (χ2v) is 5.72. The van der Waals surface area contributed by atoms with E-state index in [-0.39, 0.29) is 18.0 Å². The first kappa shape index (κ1) is 15.0. The van der Waals surface area contributed by atoms with E-state index in [0.29, 0.717) is 17.3 Å². The van der Waals surface area contributed by atoms with Crippen LogP contribution in [0.25, 0.3) is 0 Å². The number of benzene rings is 1. The average Bonchev–Trinajstić information content (AvgIpc) is 3.00. The van der Waals surface area contributed by atoms with E-state index in [0.717, 1.165) is 11.1 Å². The first-order valence-corrected chi connectivity index (χ1v) is 7.51. The lowest BCUT2D eigenvalue weighted by Crippen LogP contribution is -2.39. The quantitative estimate of drug-likeness (QED) is 0.814. The van der Waals surface area contributed by atoms with Gasteiger partial charge in [0.15, 0.2) is 0 Å². The van der Waals surface area contributed by atoms with Gasteiger partial charge in [-0.2, -0.15) is 0 Å². The molecule has 3 N–H and O–H groups in total. The number of anilines is 1. The molecule has 2 atom stereocenters. The molecule has 6 heteroatoms. The lowest BCUT2D eigenvalue weighted by molar-refractivity contribution is -0.117. The Morgan fingerprint density at radius 1 is 1.27 bits per heavy atom. The first-order valence-electron chi connectivity index (χ1n) is 7.13. The van der Waals surface area contributed by atoms with Crippen molar-refractivity contribution in [3.05, 3.63) is 58.7 Å². The highest BCUT2D eigenvalue weighted by Gasteiger charge is 2.31. The molecule has 3 rings (SSSR count). The zero-order chi connectivity index (χ0) is 15.5. The van der Waals surface area contributed by atoms with Crippen molar-refractivity contribution >= 4 is 23.3 Å². The Labute approximate surface area is 134 Å². The van der Waals surface area contributed by atoms with Gasteiger partial charge in [0, 0.05) is 17.3 Å².